The highest BCUT2D eigenvalue weighted by Gasteiger charge is 2.06. The van der Waals surface area contributed by atoms with Gasteiger partial charge in [0.1, 0.15) is 0 Å². The second kappa shape index (κ2) is 7.69. The van der Waals surface area contributed by atoms with E-state index in [1.54, 1.807) is 30.2 Å². The fourth-order valence-corrected chi connectivity index (χ4v) is 2.21. The van der Waals surface area contributed by atoms with E-state index in [9.17, 15) is 14.9 Å². The van der Waals surface area contributed by atoms with Crippen molar-refractivity contribution >= 4 is 33.6 Å². The third-order valence-electron chi connectivity index (χ3n) is 3.23. The molecule has 0 saturated carbocycles. The number of amides is 1. The number of benzene rings is 2. The van der Waals surface area contributed by atoms with Crippen LogP contribution in [0.4, 0.5) is 5.69 Å². The first-order chi connectivity index (χ1) is 11.0. The molecule has 0 aliphatic carbocycles. The SMILES string of the molecule is CN(Cc1ccc(Br)cc1)C(=O)/C=C/c1ccc([N+](=O)[O-])cc1. The van der Waals surface area contributed by atoms with Crippen LogP contribution in [0.2, 0.25) is 0 Å². The number of hydrogen-bond donors (Lipinski definition) is 0. The predicted molar refractivity (Wildman–Crippen MR) is 92.7 cm³/mol. The van der Waals surface area contributed by atoms with E-state index in [1.807, 2.05) is 24.3 Å². The van der Waals surface area contributed by atoms with Crippen LogP contribution in [-0.2, 0) is 11.3 Å². The van der Waals surface area contributed by atoms with Crippen molar-refractivity contribution in [3.8, 4) is 0 Å². The standard InChI is InChI=1S/C17H15BrN2O3/c1-19(12-14-2-7-15(18)8-3-14)17(21)11-6-13-4-9-16(10-5-13)20(22)23/h2-11H,12H2,1H3/b11-6+. The molecule has 0 fully saturated rings. The van der Waals surface area contributed by atoms with Gasteiger partial charge in [-0.3, -0.25) is 14.9 Å². The number of non-ortho nitro benzene ring substituents is 1. The number of carbonyl (C=O) groups is 1. The van der Waals surface area contributed by atoms with E-state index in [-0.39, 0.29) is 11.6 Å². The molecule has 0 heterocycles. The summed E-state index contributed by atoms with van der Waals surface area (Å²) < 4.78 is 0.994. The Labute approximate surface area is 142 Å². The molecule has 23 heavy (non-hydrogen) atoms. The molecule has 2 rings (SSSR count). The van der Waals surface area contributed by atoms with Gasteiger partial charge in [-0.05, 0) is 41.5 Å². The molecule has 0 radical (unpaired) electrons. The number of nitro benzene ring substituents is 1. The molecular formula is C17H15BrN2O3. The minimum Gasteiger partial charge on any atom is -0.338 e. The molecule has 0 atom stereocenters. The minimum atomic E-state index is -0.454. The maximum absolute atomic E-state index is 12.1. The van der Waals surface area contributed by atoms with E-state index < -0.39 is 4.92 Å². The Balaban J connectivity index is 1.97. The van der Waals surface area contributed by atoms with Crippen molar-refractivity contribution in [2.45, 2.75) is 6.54 Å². The van der Waals surface area contributed by atoms with Crippen molar-refractivity contribution in [3.63, 3.8) is 0 Å². The maximum Gasteiger partial charge on any atom is 0.269 e. The summed E-state index contributed by atoms with van der Waals surface area (Å²) in [4.78, 5) is 23.8. The molecule has 5 nitrogen and oxygen atoms in total. The number of nitrogens with zero attached hydrogens (tertiary/aromatic N) is 2. The summed E-state index contributed by atoms with van der Waals surface area (Å²) >= 11 is 3.37. The molecule has 2 aromatic rings. The molecule has 0 aromatic heterocycles. The lowest BCUT2D eigenvalue weighted by Crippen LogP contribution is -2.24. The third-order valence-corrected chi connectivity index (χ3v) is 3.76. The second-order valence-electron chi connectivity index (χ2n) is 5.00. The van der Waals surface area contributed by atoms with Gasteiger partial charge in [0.25, 0.3) is 5.69 Å². The molecule has 2 aromatic carbocycles. The molecule has 0 spiro atoms. The zero-order valence-electron chi connectivity index (χ0n) is 12.5. The highest BCUT2D eigenvalue weighted by Crippen LogP contribution is 2.14. The van der Waals surface area contributed by atoms with Gasteiger partial charge < -0.3 is 4.90 Å². The summed E-state index contributed by atoms with van der Waals surface area (Å²) in [7, 11) is 1.73. The Hall–Kier alpha value is -2.47. The molecule has 6 heteroatoms. The molecule has 0 aliphatic rings. The van der Waals surface area contributed by atoms with Crippen LogP contribution >= 0.6 is 15.9 Å². The fraction of sp³-hybridized carbons (Fsp3) is 0.118. The van der Waals surface area contributed by atoms with E-state index in [1.165, 1.54) is 18.2 Å². The molecule has 0 saturated heterocycles. The maximum atomic E-state index is 12.1. The number of halogens is 1. The summed E-state index contributed by atoms with van der Waals surface area (Å²) in [5.74, 6) is -0.133. The van der Waals surface area contributed by atoms with Crippen LogP contribution in [0.1, 0.15) is 11.1 Å². The highest BCUT2D eigenvalue weighted by molar-refractivity contribution is 9.10. The van der Waals surface area contributed by atoms with E-state index in [2.05, 4.69) is 15.9 Å². The Morgan fingerprint density at radius 3 is 2.35 bits per heavy atom. The molecule has 0 bridgehead atoms. The summed E-state index contributed by atoms with van der Waals surface area (Å²) in [6, 6.07) is 13.8. The Morgan fingerprint density at radius 1 is 1.17 bits per heavy atom. The number of nitro groups is 1. The van der Waals surface area contributed by atoms with Gasteiger partial charge in [0.05, 0.1) is 4.92 Å². The number of likely N-dealkylation sites (N-methyl/N-ethyl adjacent to an activating group) is 1. The van der Waals surface area contributed by atoms with E-state index in [4.69, 9.17) is 0 Å². The first-order valence-electron chi connectivity index (χ1n) is 6.88. The Kier molecular flexibility index (Phi) is 5.65. The molecule has 0 unspecified atom stereocenters. The number of hydrogen-bond acceptors (Lipinski definition) is 3. The zero-order valence-corrected chi connectivity index (χ0v) is 14.1. The normalized spacial score (nSPS) is 10.7. The summed E-state index contributed by atoms with van der Waals surface area (Å²) in [5, 5.41) is 10.6. The lowest BCUT2D eigenvalue weighted by molar-refractivity contribution is -0.384. The van der Waals surface area contributed by atoms with Crippen LogP contribution in [0, 0.1) is 10.1 Å². The lowest BCUT2D eigenvalue weighted by atomic mass is 10.2. The first-order valence-corrected chi connectivity index (χ1v) is 7.67. The number of carbonyl (C=O) groups excluding carboxylic acids is 1. The van der Waals surface area contributed by atoms with Gasteiger partial charge in [0.15, 0.2) is 0 Å². The molecule has 0 N–H and O–H groups in total. The fourth-order valence-electron chi connectivity index (χ4n) is 1.94. The number of rotatable bonds is 5. The van der Waals surface area contributed by atoms with Crippen LogP contribution in [-0.4, -0.2) is 22.8 Å². The first kappa shape index (κ1) is 16.9. The third kappa shape index (κ3) is 5.03. The summed E-state index contributed by atoms with van der Waals surface area (Å²) in [6.45, 7) is 0.511. The average molecular weight is 375 g/mol. The van der Waals surface area contributed by atoms with Crippen LogP contribution in [0.5, 0.6) is 0 Å². The van der Waals surface area contributed by atoms with Gasteiger partial charge in [-0.1, -0.05) is 28.1 Å². The Morgan fingerprint density at radius 2 is 1.78 bits per heavy atom. The van der Waals surface area contributed by atoms with E-state index >= 15 is 0 Å². The van der Waals surface area contributed by atoms with Crippen molar-refractivity contribution in [2.75, 3.05) is 7.05 Å². The van der Waals surface area contributed by atoms with Crippen molar-refractivity contribution in [3.05, 3.63) is 80.3 Å². The van der Waals surface area contributed by atoms with Gasteiger partial charge in [-0.15, -0.1) is 0 Å². The predicted octanol–water partition coefficient (Wildman–Crippen LogP) is 4.03. The topological polar surface area (TPSA) is 63.5 Å². The van der Waals surface area contributed by atoms with Gasteiger partial charge >= 0.3 is 0 Å². The molecule has 118 valence electrons. The van der Waals surface area contributed by atoms with Gasteiger partial charge in [-0.25, -0.2) is 0 Å². The second-order valence-corrected chi connectivity index (χ2v) is 5.92. The molecular weight excluding hydrogens is 360 g/mol. The summed E-state index contributed by atoms with van der Waals surface area (Å²) in [5.41, 5.74) is 1.80. The van der Waals surface area contributed by atoms with Crippen molar-refractivity contribution in [1.29, 1.82) is 0 Å². The van der Waals surface area contributed by atoms with Gasteiger partial charge in [-0.2, -0.15) is 0 Å². The zero-order chi connectivity index (χ0) is 16.8. The average Bonchev–Trinajstić information content (AvgIpc) is 2.55. The largest absolute Gasteiger partial charge is 0.338 e. The van der Waals surface area contributed by atoms with Gasteiger partial charge in [0.2, 0.25) is 5.91 Å². The Bertz CT molecular complexity index is 725. The van der Waals surface area contributed by atoms with Crippen molar-refractivity contribution in [1.82, 2.24) is 4.90 Å². The van der Waals surface area contributed by atoms with Crippen LogP contribution in [0.25, 0.3) is 6.08 Å². The van der Waals surface area contributed by atoms with E-state index in [0.29, 0.717) is 6.54 Å². The van der Waals surface area contributed by atoms with Crippen LogP contribution < -0.4 is 0 Å². The van der Waals surface area contributed by atoms with Crippen molar-refractivity contribution < 1.29 is 9.72 Å². The van der Waals surface area contributed by atoms with Crippen LogP contribution in [0.3, 0.4) is 0 Å². The quantitative estimate of drug-likeness (QED) is 0.450. The highest BCUT2D eigenvalue weighted by atomic mass is 79.9. The minimum absolute atomic E-state index is 0.0285. The van der Waals surface area contributed by atoms with E-state index in [0.717, 1.165) is 15.6 Å². The molecule has 1 amide bonds. The molecule has 0 aliphatic heterocycles. The monoisotopic (exact) mass is 374 g/mol. The summed E-state index contributed by atoms with van der Waals surface area (Å²) in [6.07, 6.45) is 3.10. The van der Waals surface area contributed by atoms with Gasteiger partial charge in [0, 0.05) is 36.3 Å². The van der Waals surface area contributed by atoms with Crippen LogP contribution in [0.15, 0.2) is 59.1 Å². The van der Waals surface area contributed by atoms with Crippen molar-refractivity contribution in [2.24, 2.45) is 0 Å². The smallest absolute Gasteiger partial charge is 0.269 e. The lowest BCUT2D eigenvalue weighted by Gasteiger charge is -2.15.